The molecule has 2 aromatic rings. The molecule has 0 aromatic heterocycles. The van der Waals surface area contributed by atoms with Crippen molar-refractivity contribution < 1.29 is 13.2 Å². The van der Waals surface area contributed by atoms with E-state index in [0.717, 1.165) is 12.7 Å². The van der Waals surface area contributed by atoms with Gasteiger partial charge in [0.1, 0.15) is 0 Å². The smallest absolute Gasteiger partial charge is 0.230 e. The second-order valence-electron chi connectivity index (χ2n) is 6.44. The van der Waals surface area contributed by atoms with Crippen molar-refractivity contribution >= 4 is 21.4 Å². The van der Waals surface area contributed by atoms with E-state index in [1.165, 1.54) is 16.0 Å². The van der Waals surface area contributed by atoms with Gasteiger partial charge in [-0.1, -0.05) is 36.4 Å². The number of benzene rings is 2. The molecular formula is C19H21NO3S. The standard InChI is InChI=1S/C19H21NO3S/c1-13-8-4-5-9-14(13)15-12-16(15)19(21)20(2)17-10-6-7-11-18(17)24(3,22)23/h4-11,15-16H,12H2,1-3H3/t15-,16+/m1/s1. The maximum Gasteiger partial charge on any atom is 0.230 e. The first-order chi connectivity index (χ1) is 11.3. The van der Waals surface area contributed by atoms with Crippen LogP contribution in [0.25, 0.3) is 0 Å². The number of carbonyl (C=O) groups excluding carboxylic acids is 1. The van der Waals surface area contributed by atoms with E-state index < -0.39 is 9.84 Å². The molecule has 0 aliphatic heterocycles. The van der Waals surface area contributed by atoms with Gasteiger partial charge in [0, 0.05) is 19.2 Å². The van der Waals surface area contributed by atoms with Gasteiger partial charge in [-0.2, -0.15) is 0 Å². The van der Waals surface area contributed by atoms with Crippen LogP contribution in [0.15, 0.2) is 53.4 Å². The Balaban J connectivity index is 1.84. The third-order valence-electron chi connectivity index (χ3n) is 4.65. The third kappa shape index (κ3) is 3.08. The molecule has 0 spiro atoms. The van der Waals surface area contributed by atoms with Gasteiger partial charge in [-0.25, -0.2) is 8.42 Å². The Morgan fingerprint density at radius 1 is 1.08 bits per heavy atom. The lowest BCUT2D eigenvalue weighted by molar-refractivity contribution is -0.119. The summed E-state index contributed by atoms with van der Waals surface area (Å²) in [7, 11) is -1.73. The van der Waals surface area contributed by atoms with Gasteiger partial charge < -0.3 is 4.90 Å². The van der Waals surface area contributed by atoms with E-state index >= 15 is 0 Å². The van der Waals surface area contributed by atoms with Crippen molar-refractivity contribution in [1.82, 2.24) is 0 Å². The van der Waals surface area contributed by atoms with Crippen LogP contribution in [-0.4, -0.2) is 27.6 Å². The Morgan fingerprint density at radius 2 is 1.71 bits per heavy atom. The minimum Gasteiger partial charge on any atom is -0.314 e. The number of rotatable bonds is 4. The second-order valence-corrected chi connectivity index (χ2v) is 8.43. The van der Waals surface area contributed by atoms with Crippen molar-refractivity contribution in [2.45, 2.75) is 24.2 Å². The summed E-state index contributed by atoms with van der Waals surface area (Å²) in [5.74, 6) is 0.120. The zero-order valence-electron chi connectivity index (χ0n) is 14.1. The van der Waals surface area contributed by atoms with Crippen LogP contribution in [0.5, 0.6) is 0 Å². The van der Waals surface area contributed by atoms with Crippen molar-refractivity contribution in [2.24, 2.45) is 5.92 Å². The molecule has 4 nitrogen and oxygen atoms in total. The highest BCUT2D eigenvalue weighted by molar-refractivity contribution is 7.90. The van der Waals surface area contributed by atoms with Crippen LogP contribution < -0.4 is 4.90 Å². The van der Waals surface area contributed by atoms with E-state index in [4.69, 9.17) is 0 Å². The third-order valence-corrected chi connectivity index (χ3v) is 5.80. The second kappa shape index (κ2) is 6.06. The zero-order chi connectivity index (χ0) is 17.5. The summed E-state index contributed by atoms with van der Waals surface area (Å²) in [5.41, 5.74) is 2.85. The molecule has 0 radical (unpaired) electrons. The molecule has 2 atom stereocenters. The number of amides is 1. The van der Waals surface area contributed by atoms with Crippen LogP contribution in [-0.2, 0) is 14.6 Å². The lowest BCUT2D eigenvalue weighted by Gasteiger charge is -2.20. The molecule has 1 fully saturated rings. The van der Waals surface area contributed by atoms with Crippen LogP contribution in [0.3, 0.4) is 0 Å². The highest BCUT2D eigenvalue weighted by atomic mass is 32.2. The van der Waals surface area contributed by atoms with Gasteiger partial charge in [0.25, 0.3) is 0 Å². The molecule has 0 unspecified atom stereocenters. The van der Waals surface area contributed by atoms with Crippen molar-refractivity contribution in [3.8, 4) is 0 Å². The molecule has 3 rings (SSSR count). The van der Waals surface area contributed by atoms with E-state index in [1.54, 1.807) is 31.3 Å². The maximum atomic E-state index is 12.8. The fourth-order valence-electron chi connectivity index (χ4n) is 3.23. The largest absolute Gasteiger partial charge is 0.314 e. The zero-order valence-corrected chi connectivity index (χ0v) is 14.9. The van der Waals surface area contributed by atoms with E-state index in [1.807, 2.05) is 12.1 Å². The Hall–Kier alpha value is -2.14. The monoisotopic (exact) mass is 343 g/mol. The molecule has 1 aliphatic carbocycles. The van der Waals surface area contributed by atoms with Gasteiger partial charge in [0.2, 0.25) is 5.91 Å². The van der Waals surface area contributed by atoms with E-state index in [-0.39, 0.29) is 22.6 Å². The first-order valence-electron chi connectivity index (χ1n) is 7.93. The van der Waals surface area contributed by atoms with Crippen LogP contribution in [0.4, 0.5) is 5.69 Å². The molecular weight excluding hydrogens is 322 g/mol. The summed E-state index contributed by atoms with van der Waals surface area (Å²) < 4.78 is 23.9. The Labute approximate surface area is 143 Å². The predicted octanol–water partition coefficient (Wildman–Crippen LogP) is 3.17. The average molecular weight is 343 g/mol. The van der Waals surface area contributed by atoms with E-state index in [9.17, 15) is 13.2 Å². The number of aryl methyl sites for hydroxylation is 1. The van der Waals surface area contributed by atoms with Gasteiger partial charge in [-0.3, -0.25) is 4.79 Å². The summed E-state index contributed by atoms with van der Waals surface area (Å²) >= 11 is 0. The molecule has 5 heteroatoms. The first kappa shape index (κ1) is 16.7. The van der Waals surface area contributed by atoms with Crippen LogP contribution in [0.1, 0.15) is 23.5 Å². The quantitative estimate of drug-likeness (QED) is 0.857. The molecule has 24 heavy (non-hydrogen) atoms. The number of carbonyl (C=O) groups is 1. The first-order valence-corrected chi connectivity index (χ1v) is 9.82. The number of sulfone groups is 1. The minimum absolute atomic E-state index is 0.0284. The Morgan fingerprint density at radius 3 is 2.38 bits per heavy atom. The van der Waals surface area contributed by atoms with E-state index in [2.05, 4.69) is 19.1 Å². The number of nitrogens with zero attached hydrogens (tertiary/aromatic N) is 1. The molecule has 2 aromatic carbocycles. The number of anilines is 1. The highest BCUT2D eigenvalue weighted by Crippen LogP contribution is 2.49. The van der Waals surface area contributed by atoms with Crippen molar-refractivity contribution in [2.75, 3.05) is 18.2 Å². The van der Waals surface area contributed by atoms with Gasteiger partial charge in [-0.05, 0) is 42.5 Å². The molecule has 1 saturated carbocycles. The fourth-order valence-corrected chi connectivity index (χ4v) is 4.14. The van der Waals surface area contributed by atoms with Gasteiger partial charge in [0.15, 0.2) is 9.84 Å². The lowest BCUT2D eigenvalue weighted by atomic mass is 10.0. The van der Waals surface area contributed by atoms with Crippen LogP contribution >= 0.6 is 0 Å². The lowest BCUT2D eigenvalue weighted by Crippen LogP contribution is -2.29. The van der Waals surface area contributed by atoms with Crippen molar-refractivity contribution in [1.29, 1.82) is 0 Å². The average Bonchev–Trinajstić information content (AvgIpc) is 3.33. The SMILES string of the molecule is Cc1ccccc1[C@H]1C[C@@H]1C(=O)N(C)c1ccccc1S(C)(=O)=O. The molecule has 0 saturated heterocycles. The van der Waals surface area contributed by atoms with E-state index in [0.29, 0.717) is 5.69 Å². The summed E-state index contributed by atoms with van der Waals surface area (Å²) in [4.78, 5) is 14.5. The maximum absolute atomic E-state index is 12.8. The number of hydrogen-bond donors (Lipinski definition) is 0. The van der Waals surface area contributed by atoms with Gasteiger partial charge in [-0.15, -0.1) is 0 Å². The van der Waals surface area contributed by atoms with Crippen molar-refractivity contribution in [3.05, 3.63) is 59.7 Å². The Kier molecular flexibility index (Phi) is 4.22. The molecule has 0 bridgehead atoms. The van der Waals surface area contributed by atoms with Gasteiger partial charge in [0.05, 0.1) is 10.6 Å². The molecule has 126 valence electrons. The van der Waals surface area contributed by atoms with Crippen LogP contribution in [0.2, 0.25) is 0 Å². The van der Waals surface area contributed by atoms with Crippen LogP contribution in [0, 0.1) is 12.8 Å². The number of hydrogen-bond acceptors (Lipinski definition) is 3. The molecule has 0 heterocycles. The van der Waals surface area contributed by atoms with Gasteiger partial charge >= 0.3 is 0 Å². The normalized spacial score (nSPS) is 19.8. The Bertz CT molecular complexity index is 889. The summed E-state index contributed by atoms with van der Waals surface area (Å²) in [6, 6.07) is 14.7. The summed E-state index contributed by atoms with van der Waals surface area (Å²) in [6.07, 6.45) is 1.98. The minimum atomic E-state index is -3.38. The number of para-hydroxylation sites is 1. The highest BCUT2D eigenvalue weighted by Gasteiger charge is 2.46. The predicted molar refractivity (Wildman–Crippen MR) is 95.0 cm³/mol. The molecule has 0 N–H and O–H groups in total. The fraction of sp³-hybridized carbons (Fsp3) is 0.316. The summed E-state index contributed by atoms with van der Waals surface area (Å²) in [6.45, 7) is 2.05. The van der Waals surface area contributed by atoms with Crippen molar-refractivity contribution in [3.63, 3.8) is 0 Å². The summed E-state index contributed by atoms with van der Waals surface area (Å²) in [5, 5.41) is 0. The molecule has 1 aliphatic rings. The molecule has 1 amide bonds. The topological polar surface area (TPSA) is 54.5 Å².